The van der Waals surface area contributed by atoms with Crippen molar-refractivity contribution in [2.24, 2.45) is 0 Å². The first-order valence-corrected chi connectivity index (χ1v) is 6.50. The highest BCUT2D eigenvalue weighted by atomic mass is 14.9. The largest absolute Gasteiger partial charge is 0.345 e. The maximum Gasteiger partial charge on any atom is 0.0924 e. The summed E-state index contributed by atoms with van der Waals surface area (Å²) in [6.07, 6.45) is 12.5. The van der Waals surface area contributed by atoms with Gasteiger partial charge in [-0.1, -0.05) is 68.9 Å². The molecule has 0 unspecified atom stereocenters. The van der Waals surface area contributed by atoms with Gasteiger partial charge in [0.25, 0.3) is 0 Å². The minimum absolute atomic E-state index is 1.06. The Labute approximate surface area is 103 Å². The Kier molecular flexibility index (Phi) is 4.83. The molecule has 1 aromatic carbocycles. The third-order valence-corrected chi connectivity index (χ3v) is 3.08. The topological polar surface area (TPSA) is 28.7 Å². The summed E-state index contributed by atoms with van der Waals surface area (Å²) >= 11 is 0. The SMILES string of the molecule is C1CCCCC1.c1ccc(-c2cnc[nH]2)cc1. The summed E-state index contributed by atoms with van der Waals surface area (Å²) in [4.78, 5) is 6.99. The number of imidazole rings is 1. The Morgan fingerprint density at radius 1 is 0.824 bits per heavy atom. The van der Waals surface area contributed by atoms with Gasteiger partial charge in [0.15, 0.2) is 0 Å². The minimum Gasteiger partial charge on any atom is -0.345 e. The second-order valence-electron chi connectivity index (χ2n) is 4.45. The van der Waals surface area contributed by atoms with Crippen LogP contribution in [0, 0.1) is 0 Å². The predicted molar refractivity (Wildman–Crippen MR) is 71.7 cm³/mol. The first kappa shape index (κ1) is 11.9. The number of H-pyrrole nitrogens is 1. The molecule has 1 aliphatic carbocycles. The molecule has 2 nitrogen and oxygen atoms in total. The van der Waals surface area contributed by atoms with Gasteiger partial charge in [0.2, 0.25) is 0 Å². The molecule has 0 amide bonds. The molecule has 0 aliphatic heterocycles. The lowest BCUT2D eigenvalue weighted by atomic mass is 10.0. The Morgan fingerprint density at radius 3 is 1.88 bits per heavy atom. The maximum atomic E-state index is 3.94. The lowest BCUT2D eigenvalue weighted by Crippen LogP contribution is -1.85. The van der Waals surface area contributed by atoms with Crippen molar-refractivity contribution in [1.82, 2.24) is 9.97 Å². The summed E-state index contributed by atoms with van der Waals surface area (Å²) in [6, 6.07) is 10.1. The van der Waals surface area contributed by atoms with E-state index in [0.717, 1.165) is 5.69 Å². The number of hydrogen-bond donors (Lipinski definition) is 1. The summed E-state index contributed by atoms with van der Waals surface area (Å²) in [5.41, 5.74) is 2.23. The molecule has 1 aromatic heterocycles. The zero-order valence-electron chi connectivity index (χ0n) is 10.2. The summed E-state index contributed by atoms with van der Waals surface area (Å²) < 4.78 is 0. The first-order valence-electron chi connectivity index (χ1n) is 6.50. The van der Waals surface area contributed by atoms with E-state index in [1.807, 2.05) is 36.5 Å². The van der Waals surface area contributed by atoms with Crippen LogP contribution in [0.1, 0.15) is 38.5 Å². The number of benzene rings is 1. The van der Waals surface area contributed by atoms with Gasteiger partial charge < -0.3 is 4.98 Å². The van der Waals surface area contributed by atoms with Gasteiger partial charge in [-0.05, 0) is 5.56 Å². The van der Waals surface area contributed by atoms with Crippen LogP contribution >= 0.6 is 0 Å². The van der Waals surface area contributed by atoms with E-state index in [1.54, 1.807) is 6.33 Å². The molecule has 17 heavy (non-hydrogen) atoms. The van der Waals surface area contributed by atoms with Crippen molar-refractivity contribution >= 4 is 0 Å². The lowest BCUT2D eigenvalue weighted by Gasteiger charge is -2.05. The van der Waals surface area contributed by atoms with E-state index >= 15 is 0 Å². The van der Waals surface area contributed by atoms with E-state index in [-0.39, 0.29) is 0 Å². The fraction of sp³-hybridized carbons (Fsp3) is 0.400. The summed E-state index contributed by atoms with van der Waals surface area (Å²) in [5.74, 6) is 0. The fourth-order valence-corrected chi connectivity index (χ4v) is 2.09. The molecule has 3 rings (SSSR count). The van der Waals surface area contributed by atoms with E-state index < -0.39 is 0 Å². The van der Waals surface area contributed by atoms with Crippen LogP contribution in [-0.2, 0) is 0 Å². The molecule has 0 saturated heterocycles. The first-order chi connectivity index (χ1) is 8.47. The van der Waals surface area contributed by atoms with Crippen LogP contribution < -0.4 is 0 Å². The second kappa shape index (κ2) is 6.89. The van der Waals surface area contributed by atoms with Gasteiger partial charge in [0.1, 0.15) is 0 Å². The number of nitrogens with zero attached hydrogens (tertiary/aromatic N) is 1. The van der Waals surface area contributed by atoms with Crippen LogP contribution in [-0.4, -0.2) is 9.97 Å². The molecule has 0 atom stereocenters. The van der Waals surface area contributed by atoms with Crippen molar-refractivity contribution in [2.75, 3.05) is 0 Å². The molecule has 1 fully saturated rings. The maximum absolute atomic E-state index is 3.94. The molecular formula is C15H20N2. The summed E-state index contributed by atoms with van der Waals surface area (Å²) in [5, 5.41) is 0. The van der Waals surface area contributed by atoms with E-state index in [1.165, 1.54) is 44.1 Å². The molecule has 0 radical (unpaired) electrons. The molecule has 1 saturated carbocycles. The average molecular weight is 228 g/mol. The smallest absolute Gasteiger partial charge is 0.0924 e. The molecular weight excluding hydrogens is 208 g/mol. The Morgan fingerprint density at radius 2 is 1.41 bits per heavy atom. The van der Waals surface area contributed by atoms with E-state index in [0.29, 0.717) is 0 Å². The highest BCUT2D eigenvalue weighted by Gasteiger charge is 1.95. The van der Waals surface area contributed by atoms with Crippen molar-refractivity contribution in [3.8, 4) is 11.3 Å². The monoisotopic (exact) mass is 228 g/mol. The standard InChI is InChI=1S/C9H8N2.C6H12/c1-2-4-8(5-3-1)9-6-10-7-11-9;1-2-4-6-5-3-1/h1-7H,(H,10,11);1-6H2. The van der Waals surface area contributed by atoms with E-state index in [4.69, 9.17) is 0 Å². The normalized spacial score (nSPS) is 14.8. The van der Waals surface area contributed by atoms with Gasteiger partial charge >= 0.3 is 0 Å². The predicted octanol–water partition coefficient (Wildman–Crippen LogP) is 4.42. The van der Waals surface area contributed by atoms with Crippen LogP contribution in [0.3, 0.4) is 0 Å². The molecule has 0 bridgehead atoms. The zero-order valence-corrected chi connectivity index (χ0v) is 10.2. The van der Waals surface area contributed by atoms with Crippen LogP contribution in [0.5, 0.6) is 0 Å². The number of hydrogen-bond acceptors (Lipinski definition) is 1. The number of rotatable bonds is 1. The van der Waals surface area contributed by atoms with Crippen LogP contribution in [0.15, 0.2) is 42.9 Å². The average Bonchev–Trinajstić information content (AvgIpc) is 2.96. The molecule has 1 aliphatic rings. The van der Waals surface area contributed by atoms with Gasteiger partial charge in [-0.3, -0.25) is 0 Å². The minimum atomic E-state index is 1.06. The van der Waals surface area contributed by atoms with Crippen molar-refractivity contribution < 1.29 is 0 Å². The van der Waals surface area contributed by atoms with Crippen molar-refractivity contribution in [3.05, 3.63) is 42.9 Å². The van der Waals surface area contributed by atoms with Gasteiger partial charge in [0.05, 0.1) is 18.2 Å². The number of aromatic amines is 1. The third-order valence-electron chi connectivity index (χ3n) is 3.08. The summed E-state index contributed by atoms with van der Waals surface area (Å²) in [7, 11) is 0. The Bertz CT molecular complexity index is 377. The molecule has 2 heteroatoms. The Hall–Kier alpha value is -1.57. The van der Waals surface area contributed by atoms with Crippen LogP contribution in [0.4, 0.5) is 0 Å². The van der Waals surface area contributed by atoms with E-state index in [9.17, 15) is 0 Å². The highest BCUT2D eigenvalue weighted by molar-refractivity contribution is 5.57. The molecule has 2 aromatic rings. The van der Waals surface area contributed by atoms with Gasteiger partial charge in [0, 0.05) is 0 Å². The number of aromatic nitrogens is 2. The number of nitrogens with one attached hydrogen (secondary N) is 1. The van der Waals surface area contributed by atoms with Gasteiger partial charge in [-0.25, -0.2) is 4.98 Å². The summed E-state index contributed by atoms with van der Waals surface area (Å²) in [6.45, 7) is 0. The highest BCUT2D eigenvalue weighted by Crippen LogP contribution is 2.15. The van der Waals surface area contributed by atoms with Crippen LogP contribution in [0.25, 0.3) is 11.3 Å². The Balaban J connectivity index is 0.000000153. The zero-order chi connectivity index (χ0) is 11.8. The second-order valence-corrected chi connectivity index (χ2v) is 4.45. The lowest BCUT2D eigenvalue weighted by molar-refractivity contribution is 0.504. The molecule has 1 N–H and O–H groups in total. The van der Waals surface area contributed by atoms with Crippen LogP contribution in [0.2, 0.25) is 0 Å². The molecule has 0 spiro atoms. The molecule has 1 heterocycles. The quantitative estimate of drug-likeness (QED) is 0.769. The van der Waals surface area contributed by atoms with E-state index in [2.05, 4.69) is 9.97 Å². The van der Waals surface area contributed by atoms with Crippen molar-refractivity contribution in [2.45, 2.75) is 38.5 Å². The third kappa shape index (κ3) is 4.06. The van der Waals surface area contributed by atoms with Gasteiger partial charge in [-0.2, -0.15) is 0 Å². The van der Waals surface area contributed by atoms with Crippen molar-refractivity contribution in [1.29, 1.82) is 0 Å². The fourth-order valence-electron chi connectivity index (χ4n) is 2.09. The molecule has 90 valence electrons. The van der Waals surface area contributed by atoms with Gasteiger partial charge in [-0.15, -0.1) is 0 Å². The van der Waals surface area contributed by atoms with Crippen molar-refractivity contribution in [3.63, 3.8) is 0 Å².